The normalized spacial score (nSPS) is 16.0. The lowest BCUT2D eigenvalue weighted by atomic mass is 9.92. The molecule has 1 atom stereocenters. The van der Waals surface area contributed by atoms with E-state index in [-0.39, 0.29) is 36.5 Å². The maximum atomic E-state index is 14.1. The predicted molar refractivity (Wildman–Crippen MR) is 90.6 cm³/mol. The highest BCUT2D eigenvalue weighted by Crippen LogP contribution is 2.31. The average molecular weight is 362 g/mol. The Kier molecular flexibility index (Phi) is 5.29. The van der Waals surface area contributed by atoms with Gasteiger partial charge in [-0.3, -0.25) is 9.59 Å². The second-order valence-electron chi connectivity index (χ2n) is 6.30. The van der Waals surface area contributed by atoms with Gasteiger partial charge in [-0.2, -0.15) is 5.10 Å². The molecule has 2 N–H and O–H groups in total. The number of carbonyl (C=O) groups excluding carboxylic acids is 2. The molecule has 0 saturated carbocycles. The Balaban J connectivity index is 1.76. The van der Waals surface area contributed by atoms with Gasteiger partial charge in [0.15, 0.2) is 5.82 Å². The zero-order valence-electron chi connectivity index (χ0n) is 14.4. The van der Waals surface area contributed by atoms with Gasteiger partial charge in [0.2, 0.25) is 11.8 Å². The van der Waals surface area contributed by atoms with Gasteiger partial charge in [0.25, 0.3) is 0 Å². The summed E-state index contributed by atoms with van der Waals surface area (Å²) in [6.07, 6.45) is 4.08. The van der Waals surface area contributed by atoms with Crippen LogP contribution in [0.25, 0.3) is 5.69 Å². The van der Waals surface area contributed by atoms with Crippen LogP contribution in [0.3, 0.4) is 0 Å². The highest BCUT2D eigenvalue weighted by Gasteiger charge is 2.26. The fourth-order valence-corrected chi connectivity index (χ4v) is 3.19. The third kappa shape index (κ3) is 3.89. The van der Waals surface area contributed by atoms with Gasteiger partial charge in [0, 0.05) is 37.2 Å². The number of nitrogens with one attached hydrogen (secondary N) is 2. The minimum atomic E-state index is -0.683. The number of rotatable bonds is 5. The molecule has 2 aromatic rings. The van der Waals surface area contributed by atoms with E-state index < -0.39 is 11.6 Å². The first-order chi connectivity index (χ1) is 12.5. The Bertz CT molecular complexity index is 835. The molecule has 0 radical (unpaired) electrons. The van der Waals surface area contributed by atoms with Crippen LogP contribution in [0.4, 0.5) is 8.78 Å². The Morgan fingerprint density at radius 3 is 2.88 bits per heavy atom. The topological polar surface area (TPSA) is 76.0 Å². The molecule has 0 saturated heterocycles. The fraction of sp³-hybridized carbons (Fsp3) is 0.389. The Labute approximate surface area is 149 Å². The molecule has 1 aliphatic rings. The van der Waals surface area contributed by atoms with Crippen molar-refractivity contribution in [1.82, 2.24) is 20.4 Å². The van der Waals surface area contributed by atoms with E-state index in [4.69, 9.17) is 0 Å². The van der Waals surface area contributed by atoms with Crippen LogP contribution in [0.1, 0.15) is 43.5 Å². The zero-order valence-corrected chi connectivity index (χ0v) is 14.4. The van der Waals surface area contributed by atoms with Crippen molar-refractivity contribution in [1.29, 1.82) is 0 Å². The number of carbonyl (C=O) groups is 2. The van der Waals surface area contributed by atoms with Crippen LogP contribution in [0, 0.1) is 11.6 Å². The molecule has 2 amide bonds. The summed E-state index contributed by atoms with van der Waals surface area (Å²) in [5.41, 5.74) is 1.84. The third-order valence-electron chi connectivity index (χ3n) is 4.38. The Morgan fingerprint density at radius 1 is 1.35 bits per heavy atom. The van der Waals surface area contributed by atoms with Crippen molar-refractivity contribution < 1.29 is 18.4 Å². The van der Waals surface area contributed by atoms with E-state index in [1.54, 1.807) is 6.20 Å². The molecule has 0 aliphatic heterocycles. The molecular weight excluding hydrogens is 342 g/mol. The van der Waals surface area contributed by atoms with E-state index in [0.717, 1.165) is 30.2 Å². The van der Waals surface area contributed by atoms with Crippen molar-refractivity contribution in [2.45, 2.75) is 38.6 Å². The van der Waals surface area contributed by atoms with Crippen LogP contribution in [0.5, 0.6) is 0 Å². The lowest BCUT2D eigenvalue weighted by molar-refractivity contribution is -0.122. The molecule has 0 bridgehead atoms. The quantitative estimate of drug-likeness (QED) is 0.856. The van der Waals surface area contributed by atoms with Crippen molar-refractivity contribution in [2.75, 3.05) is 6.54 Å². The van der Waals surface area contributed by atoms with Crippen LogP contribution in [-0.2, 0) is 16.0 Å². The van der Waals surface area contributed by atoms with Crippen molar-refractivity contribution in [2.24, 2.45) is 0 Å². The SMILES string of the molecule is CC(=O)NCCC(=O)NC1CCCc2c1cnn2-c1ccc(F)cc1F. The van der Waals surface area contributed by atoms with Crippen LogP contribution in [0.15, 0.2) is 24.4 Å². The molecule has 138 valence electrons. The fourth-order valence-electron chi connectivity index (χ4n) is 3.19. The van der Waals surface area contributed by atoms with Crippen LogP contribution in [-0.4, -0.2) is 28.1 Å². The van der Waals surface area contributed by atoms with Gasteiger partial charge in [-0.05, 0) is 31.4 Å². The number of amides is 2. The predicted octanol–water partition coefficient (Wildman–Crippen LogP) is 2.17. The van der Waals surface area contributed by atoms with Gasteiger partial charge >= 0.3 is 0 Å². The summed E-state index contributed by atoms with van der Waals surface area (Å²) < 4.78 is 28.7. The summed E-state index contributed by atoms with van der Waals surface area (Å²) in [5.74, 6) is -1.67. The summed E-state index contributed by atoms with van der Waals surface area (Å²) in [7, 11) is 0. The van der Waals surface area contributed by atoms with Gasteiger partial charge in [0.05, 0.1) is 12.2 Å². The second-order valence-corrected chi connectivity index (χ2v) is 6.30. The van der Waals surface area contributed by atoms with Gasteiger partial charge in [0.1, 0.15) is 11.5 Å². The van der Waals surface area contributed by atoms with E-state index in [2.05, 4.69) is 15.7 Å². The first-order valence-corrected chi connectivity index (χ1v) is 8.51. The van der Waals surface area contributed by atoms with Crippen molar-refractivity contribution >= 4 is 11.8 Å². The minimum absolute atomic E-state index is 0.169. The van der Waals surface area contributed by atoms with Gasteiger partial charge in [-0.15, -0.1) is 0 Å². The molecule has 1 aromatic carbocycles. The van der Waals surface area contributed by atoms with Crippen molar-refractivity contribution in [3.8, 4) is 5.69 Å². The van der Waals surface area contributed by atoms with Crippen molar-refractivity contribution in [3.05, 3.63) is 47.3 Å². The number of nitrogens with zero attached hydrogens (tertiary/aromatic N) is 2. The Morgan fingerprint density at radius 2 is 2.15 bits per heavy atom. The summed E-state index contributed by atoms with van der Waals surface area (Å²) in [5, 5.41) is 9.77. The Hall–Kier alpha value is -2.77. The molecule has 0 fully saturated rings. The molecule has 1 aliphatic carbocycles. The lowest BCUT2D eigenvalue weighted by Gasteiger charge is -2.24. The van der Waals surface area contributed by atoms with E-state index in [1.165, 1.54) is 23.7 Å². The first-order valence-electron chi connectivity index (χ1n) is 8.51. The maximum Gasteiger partial charge on any atom is 0.222 e. The average Bonchev–Trinajstić information content (AvgIpc) is 2.99. The summed E-state index contributed by atoms with van der Waals surface area (Å²) >= 11 is 0. The summed E-state index contributed by atoms with van der Waals surface area (Å²) in [6.45, 7) is 1.68. The molecule has 1 heterocycles. The molecule has 0 spiro atoms. The molecule has 8 heteroatoms. The minimum Gasteiger partial charge on any atom is -0.356 e. The molecule has 6 nitrogen and oxygen atoms in total. The monoisotopic (exact) mass is 362 g/mol. The van der Waals surface area contributed by atoms with E-state index in [0.29, 0.717) is 6.42 Å². The van der Waals surface area contributed by atoms with E-state index in [9.17, 15) is 18.4 Å². The first kappa shape index (κ1) is 18.0. The number of fused-ring (bicyclic) bond motifs is 1. The summed E-state index contributed by atoms with van der Waals surface area (Å²) in [6, 6.07) is 3.17. The number of hydrogen-bond acceptors (Lipinski definition) is 3. The smallest absolute Gasteiger partial charge is 0.222 e. The van der Waals surface area contributed by atoms with Crippen LogP contribution in [0.2, 0.25) is 0 Å². The number of aromatic nitrogens is 2. The molecular formula is C18H20F2N4O2. The molecule has 26 heavy (non-hydrogen) atoms. The van der Waals surface area contributed by atoms with Crippen LogP contribution < -0.4 is 10.6 Å². The van der Waals surface area contributed by atoms with E-state index >= 15 is 0 Å². The number of hydrogen-bond donors (Lipinski definition) is 2. The van der Waals surface area contributed by atoms with Gasteiger partial charge in [-0.1, -0.05) is 0 Å². The standard InChI is InChI=1S/C18H20F2N4O2/c1-11(25)21-8-7-18(26)23-15-3-2-4-16-13(15)10-22-24(16)17-6-5-12(19)9-14(17)20/h5-6,9-10,15H,2-4,7-8H2,1H3,(H,21,25)(H,23,26). The van der Waals surface area contributed by atoms with Gasteiger partial charge < -0.3 is 10.6 Å². The van der Waals surface area contributed by atoms with Crippen LogP contribution >= 0.6 is 0 Å². The molecule has 1 aromatic heterocycles. The van der Waals surface area contributed by atoms with Gasteiger partial charge in [-0.25, -0.2) is 13.5 Å². The molecule has 3 rings (SSSR count). The van der Waals surface area contributed by atoms with E-state index in [1.807, 2.05) is 0 Å². The number of benzene rings is 1. The highest BCUT2D eigenvalue weighted by atomic mass is 19.1. The molecule has 1 unspecified atom stereocenters. The number of halogens is 2. The zero-order chi connectivity index (χ0) is 18.7. The summed E-state index contributed by atoms with van der Waals surface area (Å²) in [4.78, 5) is 22.9. The highest BCUT2D eigenvalue weighted by molar-refractivity contribution is 5.78. The third-order valence-corrected chi connectivity index (χ3v) is 4.38. The maximum absolute atomic E-state index is 14.1. The van der Waals surface area contributed by atoms with Crippen molar-refractivity contribution in [3.63, 3.8) is 0 Å². The second kappa shape index (κ2) is 7.63. The largest absolute Gasteiger partial charge is 0.356 e. The lowest BCUT2D eigenvalue weighted by Crippen LogP contribution is -2.33.